The van der Waals surface area contributed by atoms with Crippen LogP contribution in [0.1, 0.15) is 29.0 Å². The number of nitrogens with one attached hydrogen (secondary N) is 2. The maximum Gasteiger partial charge on any atom is 0.272 e. The van der Waals surface area contributed by atoms with Gasteiger partial charge in [-0.1, -0.05) is 0 Å². The van der Waals surface area contributed by atoms with Crippen molar-refractivity contribution >= 4 is 23.1 Å². The summed E-state index contributed by atoms with van der Waals surface area (Å²) in [5.74, 6) is 5.29. The number of hydrogen-bond acceptors (Lipinski definition) is 6. The van der Waals surface area contributed by atoms with Crippen molar-refractivity contribution in [1.29, 1.82) is 0 Å². The number of thiophene rings is 1. The second kappa shape index (κ2) is 5.56. The molecule has 4 N–H and O–H groups in total. The lowest BCUT2D eigenvalue weighted by atomic mass is 10.2. The molecule has 2 rings (SSSR count). The fraction of sp³-hybridized carbons (Fsp3) is 0.182. The first kappa shape index (κ1) is 12.5. The molecule has 0 aliphatic heterocycles. The molecule has 0 aromatic carbocycles. The number of aromatic nitrogens is 2. The van der Waals surface area contributed by atoms with E-state index in [1.165, 1.54) is 12.4 Å². The molecule has 18 heavy (non-hydrogen) atoms. The van der Waals surface area contributed by atoms with Crippen LogP contribution in [0.2, 0.25) is 0 Å². The minimum absolute atomic E-state index is 0.0694. The topological polar surface area (TPSA) is 92.9 Å². The number of amides is 1. The second-order valence-electron chi connectivity index (χ2n) is 3.69. The molecular formula is C11H13N5OS. The number of carbonyl (C=O) groups excluding carboxylic acids is 1. The van der Waals surface area contributed by atoms with Crippen LogP contribution in [0.15, 0.2) is 29.2 Å². The third kappa shape index (κ3) is 2.82. The lowest BCUT2D eigenvalue weighted by molar-refractivity contribution is 0.0934. The van der Waals surface area contributed by atoms with Crippen LogP contribution in [0.3, 0.4) is 0 Å². The second-order valence-corrected chi connectivity index (χ2v) is 4.47. The summed E-state index contributed by atoms with van der Waals surface area (Å²) in [6, 6.07) is 1.90. The summed E-state index contributed by atoms with van der Waals surface area (Å²) in [5.41, 5.74) is 3.64. The molecule has 1 amide bonds. The Labute approximate surface area is 108 Å². The van der Waals surface area contributed by atoms with E-state index < -0.39 is 0 Å². The SMILES string of the molecule is CC(NC(=O)c1cncc(NN)n1)c1ccsc1. The Morgan fingerprint density at radius 2 is 2.33 bits per heavy atom. The van der Waals surface area contributed by atoms with Gasteiger partial charge in [0.25, 0.3) is 5.91 Å². The van der Waals surface area contributed by atoms with Crippen molar-refractivity contribution in [2.75, 3.05) is 5.43 Å². The zero-order valence-electron chi connectivity index (χ0n) is 9.75. The molecule has 2 aromatic heterocycles. The highest BCUT2D eigenvalue weighted by Crippen LogP contribution is 2.15. The minimum atomic E-state index is -0.279. The predicted octanol–water partition coefficient (Wildman–Crippen LogP) is 1.31. The van der Waals surface area contributed by atoms with Gasteiger partial charge in [-0.25, -0.2) is 10.8 Å². The average Bonchev–Trinajstić information content (AvgIpc) is 2.92. The van der Waals surface area contributed by atoms with Crippen molar-refractivity contribution in [2.45, 2.75) is 13.0 Å². The number of hydrazine groups is 1. The number of nitrogens with two attached hydrogens (primary N) is 1. The molecule has 0 aliphatic rings. The molecule has 6 nitrogen and oxygen atoms in total. The van der Waals surface area contributed by atoms with Crippen molar-refractivity contribution in [3.63, 3.8) is 0 Å². The average molecular weight is 263 g/mol. The number of anilines is 1. The Hall–Kier alpha value is -1.99. The highest BCUT2D eigenvalue weighted by atomic mass is 32.1. The standard InChI is InChI=1S/C11H13N5OS/c1-7(8-2-3-18-6-8)14-11(17)9-4-13-5-10(15-9)16-12/h2-7H,12H2,1H3,(H,14,17)(H,15,16). The summed E-state index contributed by atoms with van der Waals surface area (Å²) < 4.78 is 0. The van der Waals surface area contributed by atoms with Crippen molar-refractivity contribution < 1.29 is 4.79 Å². The van der Waals surface area contributed by atoms with Crippen LogP contribution >= 0.6 is 11.3 Å². The Kier molecular flexibility index (Phi) is 3.85. The summed E-state index contributed by atoms with van der Waals surface area (Å²) in [6.45, 7) is 1.92. The monoisotopic (exact) mass is 263 g/mol. The van der Waals surface area contributed by atoms with Crippen molar-refractivity contribution in [1.82, 2.24) is 15.3 Å². The van der Waals surface area contributed by atoms with Crippen LogP contribution in [0, 0.1) is 0 Å². The fourth-order valence-corrected chi connectivity index (χ4v) is 2.17. The van der Waals surface area contributed by atoms with Crippen LogP contribution in [-0.4, -0.2) is 15.9 Å². The molecular weight excluding hydrogens is 250 g/mol. The molecule has 94 valence electrons. The fourth-order valence-electron chi connectivity index (χ4n) is 1.42. The number of rotatable bonds is 4. The van der Waals surface area contributed by atoms with Gasteiger partial charge in [0.15, 0.2) is 5.82 Å². The molecule has 0 spiro atoms. The van der Waals surface area contributed by atoms with E-state index in [-0.39, 0.29) is 17.6 Å². The van der Waals surface area contributed by atoms with Crippen molar-refractivity contribution in [3.8, 4) is 0 Å². The van der Waals surface area contributed by atoms with E-state index in [4.69, 9.17) is 5.84 Å². The molecule has 1 unspecified atom stereocenters. The van der Waals surface area contributed by atoms with Crippen LogP contribution < -0.4 is 16.6 Å². The smallest absolute Gasteiger partial charge is 0.272 e. The molecule has 0 bridgehead atoms. The van der Waals surface area contributed by atoms with Gasteiger partial charge in [0.2, 0.25) is 0 Å². The maximum atomic E-state index is 11.9. The summed E-state index contributed by atoms with van der Waals surface area (Å²) in [5, 5.41) is 6.81. The number of nitrogens with zero attached hydrogens (tertiary/aromatic N) is 2. The van der Waals surface area contributed by atoms with Gasteiger partial charge < -0.3 is 10.7 Å². The van der Waals surface area contributed by atoms with Gasteiger partial charge in [-0.3, -0.25) is 9.78 Å². The van der Waals surface area contributed by atoms with Crippen molar-refractivity contribution in [3.05, 3.63) is 40.5 Å². The lowest BCUT2D eigenvalue weighted by Crippen LogP contribution is -2.27. The molecule has 0 aliphatic carbocycles. The Balaban J connectivity index is 2.07. The third-order valence-corrected chi connectivity index (χ3v) is 3.11. The van der Waals surface area contributed by atoms with Gasteiger partial charge in [-0.2, -0.15) is 11.3 Å². The highest BCUT2D eigenvalue weighted by Gasteiger charge is 2.13. The lowest BCUT2D eigenvalue weighted by Gasteiger charge is -2.12. The van der Waals surface area contributed by atoms with Crippen LogP contribution in [0.25, 0.3) is 0 Å². The number of nitrogen functional groups attached to an aromatic ring is 1. The van der Waals surface area contributed by atoms with Gasteiger partial charge in [0.05, 0.1) is 18.4 Å². The maximum absolute atomic E-state index is 11.9. The number of carbonyl (C=O) groups is 1. The molecule has 0 radical (unpaired) electrons. The zero-order valence-corrected chi connectivity index (χ0v) is 10.6. The zero-order chi connectivity index (χ0) is 13.0. The molecule has 7 heteroatoms. The first-order chi connectivity index (χ1) is 8.70. The molecule has 0 saturated heterocycles. The third-order valence-electron chi connectivity index (χ3n) is 2.41. The van der Waals surface area contributed by atoms with E-state index in [1.807, 2.05) is 23.8 Å². The largest absolute Gasteiger partial charge is 0.344 e. The normalized spacial score (nSPS) is 11.9. The van der Waals surface area contributed by atoms with Gasteiger partial charge in [-0.15, -0.1) is 0 Å². The van der Waals surface area contributed by atoms with E-state index in [0.29, 0.717) is 5.82 Å². The van der Waals surface area contributed by atoms with Gasteiger partial charge in [-0.05, 0) is 29.3 Å². The van der Waals surface area contributed by atoms with E-state index in [1.54, 1.807) is 11.3 Å². The Bertz CT molecular complexity index is 528. The van der Waals surface area contributed by atoms with Gasteiger partial charge in [0, 0.05) is 0 Å². The summed E-state index contributed by atoms with van der Waals surface area (Å²) in [7, 11) is 0. The van der Waals surface area contributed by atoms with Gasteiger partial charge >= 0.3 is 0 Å². The van der Waals surface area contributed by atoms with Crippen molar-refractivity contribution in [2.24, 2.45) is 5.84 Å². The number of hydrogen-bond donors (Lipinski definition) is 3. The predicted molar refractivity (Wildman–Crippen MR) is 70.0 cm³/mol. The van der Waals surface area contributed by atoms with E-state index in [0.717, 1.165) is 5.56 Å². The van der Waals surface area contributed by atoms with Crippen LogP contribution in [0.5, 0.6) is 0 Å². The first-order valence-corrected chi connectivity index (χ1v) is 6.26. The quantitative estimate of drug-likeness (QED) is 0.571. The van der Waals surface area contributed by atoms with E-state index in [9.17, 15) is 4.79 Å². The van der Waals surface area contributed by atoms with Crippen LogP contribution in [-0.2, 0) is 0 Å². The molecule has 2 aromatic rings. The summed E-state index contributed by atoms with van der Waals surface area (Å²) in [6.07, 6.45) is 2.84. The first-order valence-electron chi connectivity index (χ1n) is 5.32. The summed E-state index contributed by atoms with van der Waals surface area (Å²) in [4.78, 5) is 19.8. The van der Waals surface area contributed by atoms with Crippen LogP contribution in [0.4, 0.5) is 5.82 Å². The molecule has 2 heterocycles. The molecule has 0 saturated carbocycles. The van der Waals surface area contributed by atoms with E-state index in [2.05, 4.69) is 20.7 Å². The molecule has 0 fully saturated rings. The molecule has 1 atom stereocenters. The van der Waals surface area contributed by atoms with Gasteiger partial charge in [0.1, 0.15) is 5.69 Å². The Morgan fingerprint density at radius 3 is 3.00 bits per heavy atom. The Morgan fingerprint density at radius 1 is 1.50 bits per heavy atom. The minimum Gasteiger partial charge on any atom is -0.344 e. The summed E-state index contributed by atoms with van der Waals surface area (Å²) >= 11 is 1.59. The highest BCUT2D eigenvalue weighted by molar-refractivity contribution is 7.07. The van der Waals surface area contributed by atoms with E-state index >= 15 is 0 Å².